The number of phenolic OH excluding ortho intramolecular Hbond substituents is 1. The van der Waals surface area contributed by atoms with Gasteiger partial charge in [-0.1, -0.05) is 19.1 Å². The number of rotatable bonds is 3. The highest BCUT2D eigenvalue weighted by molar-refractivity contribution is 5.28. The highest BCUT2D eigenvalue weighted by Gasteiger charge is 2.13. The van der Waals surface area contributed by atoms with Crippen LogP contribution in [0.5, 0.6) is 5.75 Å². The molecule has 2 atom stereocenters. The van der Waals surface area contributed by atoms with Crippen molar-refractivity contribution < 1.29 is 5.11 Å². The molecule has 0 aliphatic carbocycles. The zero-order chi connectivity index (χ0) is 9.84. The van der Waals surface area contributed by atoms with Crippen molar-refractivity contribution in [3.8, 4) is 5.75 Å². The highest BCUT2D eigenvalue weighted by Crippen LogP contribution is 2.23. The molecule has 2 nitrogen and oxygen atoms in total. The Labute approximate surface area is 79.4 Å². The van der Waals surface area contributed by atoms with Crippen molar-refractivity contribution in [1.29, 1.82) is 0 Å². The quantitative estimate of drug-likeness (QED) is 0.747. The Morgan fingerprint density at radius 1 is 1.31 bits per heavy atom. The van der Waals surface area contributed by atoms with Gasteiger partial charge in [-0.3, -0.25) is 0 Å². The third-order valence-corrected chi connectivity index (χ3v) is 2.40. The standard InChI is InChI=1S/C11H17NO/c1-3-11(8(2)12)9-4-6-10(13)7-5-9/h4-8,11,13H,3,12H2,1-2H3. The summed E-state index contributed by atoms with van der Waals surface area (Å²) in [7, 11) is 0. The first-order chi connectivity index (χ1) is 6.15. The summed E-state index contributed by atoms with van der Waals surface area (Å²) in [6.07, 6.45) is 1.03. The lowest BCUT2D eigenvalue weighted by Gasteiger charge is -2.19. The van der Waals surface area contributed by atoms with Crippen molar-refractivity contribution in [2.24, 2.45) is 5.73 Å². The van der Waals surface area contributed by atoms with Crippen molar-refractivity contribution in [2.45, 2.75) is 32.2 Å². The Morgan fingerprint density at radius 2 is 1.85 bits per heavy atom. The maximum Gasteiger partial charge on any atom is 0.115 e. The fourth-order valence-electron chi connectivity index (χ4n) is 1.63. The average molecular weight is 179 g/mol. The fourth-order valence-corrected chi connectivity index (χ4v) is 1.63. The van der Waals surface area contributed by atoms with E-state index in [0.717, 1.165) is 6.42 Å². The van der Waals surface area contributed by atoms with E-state index in [1.54, 1.807) is 12.1 Å². The van der Waals surface area contributed by atoms with E-state index >= 15 is 0 Å². The lowest BCUT2D eigenvalue weighted by molar-refractivity contribution is 0.474. The largest absolute Gasteiger partial charge is 0.508 e. The van der Waals surface area contributed by atoms with Crippen molar-refractivity contribution >= 4 is 0 Å². The van der Waals surface area contributed by atoms with Crippen LogP contribution in [0.2, 0.25) is 0 Å². The molecule has 1 aromatic carbocycles. The molecule has 0 saturated carbocycles. The number of benzene rings is 1. The monoisotopic (exact) mass is 179 g/mol. The van der Waals surface area contributed by atoms with E-state index in [1.165, 1.54) is 5.56 Å². The molecule has 3 N–H and O–H groups in total. The molecular weight excluding hydrogens is 162 g/mol. The van der Waals surface area contributed by atoms with Crippen molar-refractivity contribution in [3.63, 3.8) is 0 Å². The molecule has 0 heterocycles. The van der Waals surface area contributed by atoms with Crippen molar-refractivity contribution in [3.05, 3.63) is 29.8 Å². The lowest BCUT2D eigenvalue weighted by atomic mass is 9.91. The summed E-state index contributed by atoms with van der Waals surface area (Å²) in [6, 6.07) is 7.45. The maximum absolute atomic E-state index is 9.12. The van der Waals surface area contributed by atoms with Gasteiger partial charge in [-0.2, -0.15) is 0 Å². The zero-order valence-electron chi connectivity index (χ0n) is 8.20. The Hall–Kier alpha value is -1.02. The molecule has 0 amide bonds. The van der Waals surface area contributed by atoms with Crippen LogP contribution in [0, 0.1) is 0 Å². The van der Waals surface area contributed by atoms with Gasteiger partial charge in [0.15, 0.2) is 0 Å². The summed E-state index contributed by atoms with van der Waals surface area (Å²) in [6.45, 7) is 4.14. The third-order valence-electron chi connectivity index (χ3n) is 2.40. The fraction of sp³-hybridized carbons (Fsp3) is 0.455. The number of nitrogens with two attached hydrogens (primary N) is 1. The molecule has 0 spiro atoms. The molecule has 0 aliphatic rings. The summed E-state index contributed by atoms with van der Waals surface area (Å²) >= 11 is 0. The molecule has 1 rings (SSSR count). The molecule has 0 saturated heterocycles. The van der Waals surface area contributed by atoms with Crippen LogP contribution in [0.25, 0.3) is 0 Å². The predicted molar refractivity (Wildman–Crippen MR) is 54.8 cm³/mol. The van der Waals surface area contributed by atoms with E-state index in [4.69, 9.17) is 10.8 Å². The van der Waals surface area contributed by atoms with E-state index in [9.17, 15) is 0 Å². The lowest BCUT2D eigenvalue weighted by Crippen LogP contribution is -2.24. The molecule has 1 aromatic rings. The van der Waals surface area contributed by atoms with Gasteiger partial charge in [-0.05, 0) is 37.0 Å². The second-order valence-electron chi connectivity index (χ2n) is 3.47. The topological polar surface area (TPSA) is 46.2 Å². The highest BCUT2D eigenvalue weighted by atomic mass is 16.3. The molecular formula is C11H17NO. The minimum absolute atomic E-state index is 0.162. The molecule has 13 heavy (non-hydrogen) atoms. The minimum atomic E-state index is 0.162. The molecule has 0 radical (unpaired) electrons. The smallest absolute Gasteiger partial charge is 0.115 e. The molecule has 2 heteroatoms. The third kappa shape index (κ3) is 2.46. The van der Waals surface area contributed by atoms with E-state index in [0.29, 0.717) is 11.7 Å². The summed E-state index contributed by atoms with van der Waals surface area (Å²) in [5, 5.41) is 9.12. The molecule has 2 unspecified atom stereocenters. The Bertz CT molecular complexity index is 253. The Morgan fingerprint density at radius 3 is 2.23 bits per heavy atom. The Kier molecular flexibility index (Phi) is 3.32. The maximum atomic E-state index is 9.12. The van der Waals surface area contributed by atoms with E-state index < -0.39 is 0 Å². The molecule has 0 aromatic heterocycles. The van der Waals surface area contributed by atoms with Gasteiger partial charge in [-0.25, -0.2) is 0 Å². The number of aromatic hydroxyl groups is 1. The van der Waals surface area contributed by atoms with Crippen LogP contribution in [0.1, 0.15) is 31.7 Å². The summed E-state index contributed by atoms with van der Waals surface area (Å²) in [5.41, 5.74) is 7.06. The normalized spacial score (nSPS) is 15.3. The second-order valence-corrected chi connectivity index (χ2v) is 3.47. The van der Waals surface area contributed by atoms with Crippen LogP contribution >= 0.6 is 0 Å². The summed E-state index contributed by atoms with van der Waals surface area (Å²) in [4.78, 5) is 0. The molecule has 0 fully saturated rings. The van der Waals surface area contributed by atoms with Gasteiger partial charge in [0.25, 0.3) is 0 Å². The predicted octanol–water partition coefficient (Wildman–Crippen LogP) is 2.23. The van der Waals surface area contributed by atoms with Crippen LogP contribution in [-0.4, -0.2) is 11.1 Å². The SMILES string of the molecule is CCC(c1ccc(O)cc1)C(C)N. The average Bonchev–Trinajstić information content (AvgIpc) is 2.09. The Balaban J connectivity index is 2.86. The van der Waals surface area contributed by atoms with Crippen LogP contribution < -0.4 is 5.73 Å². The van der Waals surface area contributed by atoms with Gasteiger partial charge < -0.3 is 10.8 Å². The van der Waals surface area contributed by atoms with E-state index in [-0.39, 0.29) is 6.04 Å². The van der Waals surface area contributed by atoms with E-state index in [1.807, 2.05) is 19.1 Å². The van der Waals surface area contributed by atoms with Crippen LogP contribution in [0.15, 0.2) is 24.3 Å². The minimum Gasteiger partial charge on any atom is -0.508 e. The van der Waals surface area contributed by atoms with Gasteiger partial charge in [0.2, 0.25) is 0 Å². The first-order valence-corrected chi connectivity index (χ1v) is 4.69. The van der Waals surface area contributed by atoms with Crippen LogP contribution in [-0.2, 0) is 0 Å². The number of hydrogen-bond donors (Lipinski definition) is 2. The van der Waals surface area contributed by atoms with Crippen molar-refractivity contribution in [2.75, 3.05) is 0 Å². The van der Waals surface area contributed by atoms with Crippen molar-refractivity contribution in [1.82, 2.24) is 0 Å². The second kappa shape index (κ2) is 4.28. The van der Waals surface area contributed by atoms with Crippen LogP contribution in [0.3, 0.4) is 0 Å². The van der Waals surface area contributed by atoms with E-state index in [2.05, 4.69) is 6.92 Å². The van der Waals surface area contributed by atoms with Crippen LogP contribution in [0.4, 0.5) is 0 Å². The van der Waals surface area contributed by atoms with Gasteiger partial charge in [0, 0.05) is 6.04 Å². The number of phenols is 1. The molecule has 0 aliphatic heterocycles. The van der Waals surface area contributed by atoms with Gasteiger partial charge >= 0.3 is 0 Å². The molecule has 0 bridgehead atoms. The summed E-state index contributed by atoms with van der Waals surface area (Å²) < 4.78 is 0. The zero-order valence-corrected chi connectivity index (χ0v) is 8.20. The first-order valence-electron chi connectivity index (χ1n) is 4.69. The van der Waals surface area contributed by atoms with Gasteiger partial charge in [-0.15, -0.1) is 0 Å². The first kappa shape index (κ1) is 10.1. The molecule has 72 valence electrons. The number of hydrogen-bond acceptors (Lipinski definition) is 2. The summed E-state index contributed by atoms with van der Waals surface area (Å²) in [5.74, 6) is 0.698. The van der Waals surface area contributed by atoms with Gasteiger partial charge in [0.05, 0.1) is 0 Å². The van der Waals surface area contributed by atoms with Gasteiger partial charge in [0.1, 0.15) is 5.75 Å².